The van der Waals surface area contributed by atoms with E-state index in [1.165, 1.54) is 12.8 Å². The first-order chi connectivity index (χ1) is 9.55. The second-order valence-corrected chi connectivity index (χ2v) is 7.23. The molecule has 104 valence electrons. The van der Waals surface area contributed by atoms with Crippen LogP contribution in [-0.4, -0.2) is 21.0 Å². The topological polar surface area (TPSA) is 63.1 Å². The van der Waals surface area contributed by atoms with Gasteiger partial charge in [-0.15, -0.1) is 11.3 Å². The van der Waals surface area contributed by atoms with Crippen molar-refractivity contribution in [3.63, 3.8) is 0 Å². The van der Waals surface area contributed by atoms with E-state index >= 15 is 0 Å². The number of carboxylic acid groups (broad SMARTS) is 1. The van der Waals surface area contributed by atoms with Crippen molar-refractivity contribution in [1.29, 1.82) is 0 Å². The number of fused-ring (bicyclic) bond motifs is 1. The maximum absolute atomic E-state index is 11.6. The highest BCUT2D eigenvalue weighted by Crippen LogP contribution is 2.74. The van der Waals surface area contributed by atoms with Crippen molar-refractivity contribution < 1.29 is 9.90 Å². The zero-order valence-electron chi connectivity index (χ0n) is 11.6. The molecule has 4 nitrogen and oxygen atoms in total. The standard InChI is InChI=1S/C15H16N2O2S/c1-3-8-7(2)20-13-10(8)11(14(18)19)16-12(17-13)9-6-15(9)4-5-15/h9H,3-6H2,1-2H3,(H,18,19). The lowest BCUT2D eigenvalue weighted by atomic mass is 10.1. The van der Waals surface area contributed by atoms with Gasteiger partial charge in [0.25, 0.3) is 0 Å². The van der Waals surface area contributed by atoms with Crippen LogP contribution in [-0.2, 0) is 6.42 Å². The maximum atomic E-state index is 11.6. The zero-order valence-corrected chi connectivity index (χ0v) is 12.4. The van der Waals surface area contributed by atoms with Gasteiger partial charge in [-0.05, 0) is 43.6 Å². The molecule has 4 rings (SSSR count). The average Bonchev–Trinajstić information content (AvgIpc) is 3.30. The average molecular weight is 288 g/mol. The molecule has 20 heavy (non-hydrogen) atoms. The summed E-state index contributed by atoms with van der Waals surface area (Å²) in [5.41, 5.74) is 1.74. The van der Waals surface area contributed by atoms with Gasteiger partial charge in [-0.25, -0.2) is 14.8 Å². The number of carbonyl (C=O) groups is 1. The van der Waals surface area contributed by atoms with Crippen LogP contribution in [0.1, 0.15) is 58.9 Å². The highest BCUT2D eigenvalue weighted by molar-refractivity contribution is 7.18. The number of carboxylic acids is 1. The van der Waals surface area contributed by atoms with Crippen LogP contribution >= 0.6 is 11.3 Å². The SMILES string of the molecule is CCc1c(C)sc2nc(C3CC34CC4)nc(C(=O)O)c12. The number of nitrogens with zero attached hydrogens (tertiary/aromatic N) is 2. The minimum atomic E-state index is -0.934. The molecular weight excluding hydrogens is 272 g/mol. The molecule has 0 saturated heterocycles. The fourth-order valence-corrected chi connectivity index (χ4v) is 4.47. The summed E-state index contributed by atoms with van der Waals surface area (Å²) in [7, 11) is 0. The van der Waals surface area contributed by atoms with Gasteiger partial charge in [0.1, 0.15) is 10.7 Å². The van der Waals surface area contributed by atoms with Crippen LogP contribution in [0, 0.1) is 12.3 Å². The molecule has 2 fully saturated rings. The van der Waals surface area contributed by atoms with E-state index in [2.05, 4.69) is 9.97 Å². The molecule has 2 aliphatic carbocycles. The van der Waals surface area contributed by atoms with E-state index < -0.39 is 5.97 Å². The molecule has 2 heterocycles. The minimum Gasteiger partial charge on any atom is -0.476 e. The number of hydrogen-bond donors (Lipinski definition) is 1. The second-order valence-electron chi connectivity index (χ2n) is 6.03. The van der Waals surface area contributed by atoms with Crippen molar-refractivity contribution in [3.8, 4) is 0 Å². The summed E-state index contributed by atoms with van der Waals surface area (Å²) in [4.78, 5) is 22.7. The van der Waals surface area contributed by atoms with Crippen molar-refractivity contribution in [2.75, 3.05) is 0 Å². The second kappa shape index (κ2) is 3.79. The predicted octanol–water partition coefficient (Wildman–Crippen LogP) is 3.53. The molecule has 0 bridgehead atoms. The van der Waals surface area contributed by atoms with E-state index in [0.29, 0.717) is 11.3 Å². The molecule has 0 radical (unpaired) electrons. The quantitative estimate of drug-likeness (QED) is 0.938. The summed E-state index contributed by atoms with van der Waals surface area (Å²) in [5, 5.41) is 10.3. The molecule has 1 unspecified atom stereocenters. The fraction of sp³-hybridized carbons (Fsp3) is 0.533. The maximum Gasteiger partial charge on any atom is 0.355 e. The van der Waals surface area contributed by atoms with Crippen molar-refractivity contribution in [3.05, 3.63) is 22.0 Å². The Kier molecular flexibility index (Phi) is 2.32. The van der Waals surface area contributed by atoms with E-state index in [9.17, 15) is 9.90 Å². The Morgan fingerprint density at radius 1 is 1.45 bits per heavy atom. The zero-order chi connectivity index (χ0) is 14.1. The van der Waals surface area contributed by atoms with Gasteiger partial charge < -0.3 is 5.11 Å². The van der Waals surface area contributed by atoms with E-state index in [1.807, 2.05) is 13.8 Å². The van der Waals surface area contributed by atoms with Crippen LogP contribution in [0.3, 0.4) is 0 Å². The van der Waals surface area contributed by atoms with Gasteiger partial charge in [0.15, 0.2) is 5.69 Å². The summed E-state index contributed by atoms with van der Waals surface area (Å²) in [5.74, 6) is 0.227. The highest BCUT2D eigenvalue weighted by atomic mass is 32.1. The molecule has 2 aromatic rings. The lowest BCUT2D eigenvalue weighted by Crippen LogP contribution is -2.06. The molecule has 2 aromatic heterocycles. The Morgan fingerprint density at radius 3 is 2.75 bits per heavy atom. The van der Waals surface area contributed by atoms with Crippen LogP contribution in [0.25, 0.3) is 10.2 Å². The van der Waals surface area contributed by atoms with Crippen LogP contribution in [0.15, 0.2) is 0 Å². The Balaban J connectivity index is 1.94. The van der Waals surface area contributed by atoms with Crippen molar-refractivity contribution in [1.82, 2.24) is 9.97 Å². The van der Waals surface area contributed by atoms with Crippen LogP contribution in [0.2, 0.25) is 0 Å². The minimum absolute atomic E-state index is 0.203. The number of hydrogen-bond acceptors (Lipinski definition) is 4. The Bertz CT molecular complexity index is 746. The third kappa shape index (κ3) is 1.56. The van der Waals surface area contributed by atoms with Crippen molar-refractivity contribution in [2.24, 2.45) is 5.41 Å². The summed E-state index contributed by atoms with van der Waals surface area (Å²) < 4.78 is 0. The number of aryl methyl sites for hydroxylation is 2. The summed E-state index contributed by atoms with van der Waals surface area (Å²) >= 11 is 1.60. The Morgan fingerprint density at radius 2 is 2.20 bits per heavy atom. The van der Waals surface area contributed by atoms with E-state index in [4.69, 9.17) is 0 Å². The third-order valence-electron chi connectivity index (χ3n) is 4.82. The number of rotatable bonds is 3. The summed E-state index contributed by atoms with van der Waals surface area (Å²) in [6.07, 6.45) is 4.47. The van der Waals surface area contributed by atoms with Gasteiger partial charge >= 0.3 is 5.97 Å². The first kappa shape index (κ1) is 12.3. The fourth-order valence-electron chi connectivity index (χ4n) is 3.35. The molecular formula is C15H16N2O2S. The molecule has 1 N–H and O–H groups in total. The van der Waals surface area contributed by atoms with Crippen LogP contribution in [0.5, 0.6) is 0 Å². The van der Waals surface area contributed by atoms with Crippen molar-refractivity contribution >= 4 is 27.5 Å². The molecule has 0 aromatic carbocycles. The molecule has 0 amide bonds. The smallest absolute Gasteiger partial charge is 0.355 e. The molecule has 5 heteroatoms. The van der Waals surface area contributed by atoms with Gasteiger partial charge in [0.2, 0.25) is 0 Å². The normalized spacial score (nSPS) is 22.4. The first-order valence-corrected chi connectivity index (χ1v) is 7.90. The van der Waals surface area contributed by atoms with E-state index in [0.717, 1.165) is 39.3 Å². The Labute approximate surface area is 120 Å². The first-order valence-electron chi connectivity index (χ1n) is 7.09. The lowest BCUT2D eigenvalue weighted by Gasteiger charge is -2.04. The number of aromatic carboxylic acids is 1. The van der Waals surface area contributed by atoms with E-state index in [-0.39, 0.29) is 5.69 Å². The van der Waals surface area contributed by atoms with Crippen molar-refractivity contribution in [2.45, 2.75) is 45.4 Å². The molecule has 2 aliphatic rings. The monoisotopic (exact) mass is 288 g/mol. The highest BCUT2D eigenvalue weighted by Gasteiger charge is 2.64. The summed E-state index contributed by atoms with van der Waals surface area (Å²) in [6.45, 7) is 4.09. The Hall–Kier alpha value is -1.49. The number of thiophene rings is 1. The van der Waals surface area contributed by atoms with E-state index in [1.54, 1.807) is 11.3 Å². The molecule has 1 atom stereocenters. The van der Waals surface area contributed by atoms with Crippen LogP contribution < -0.4 is 0 Å². The molecule has 0 aliphatic heterocycles. The largest absolute Gasteiger partial charge is 0.476 e. The number of aromatic nitrogens is 2. The summed E-state index contributed by atoms with van der Waals surface area (Å²) in [6, 6.07) is 0. The third-order valence-corrected chi connectivity index (χ3v) is 5.86. The molecule has 1 spiro atoms. The lowest BCUT2D eigenvalue weighted by molar-refractivity contribution is 0.0692. The van der Waals surface area contributed by atoms with Gasteiger partial charge in [-0.1, -0.05) is 6.92 Å². The van der Waals surface area contributed by atoms with Gasteiger partial charge in [0, 0.05) is 16.2 Å². The van der Waals surface area contributed by atoms with Gasteiger partial charge in [-0.3, -0.25) is 0 Å². The molecule has 2 saturated carbocycles. The van der Waals surface area contributed by atoms with Gasteiger partial charge in [0.05, 0.1) is 0 Å². The van der Waals surface area contributed by atoms with Crippen LogP contribution in [0.4, 0.5) is 0 Å². The predicted molar refractivity (Wildman–Crippen MR) is 77.5 cm³/mol. The van der Waals surface area contributed by atoms with Gasteiger partial charge in [-0.2, -0.15) is 0 Å².